The molecule has 1 aliphatic heterocycles. The molecule has 1 rings (SSSR count). The van der Waals surface area contributed by atoms with Crippen molar-refractivity contribution in [2.75, 3.05) is 46.0 Å². The first-order chi connectivity index (χ1) is 9.13. The van der Waals surface area contributed by atoms with Gasteiger partial charge in [0, 0.05) is 19.6 Å². The lowest BCUT2D eigenvalue weighted by Gasteiger charge is -2.26. The van der Waals surface area contributed by atoms with E-state index in [9.17, 15) is 9.59 Å². The predicted molar refractivity (Wildman–Crippen MR) is 66.9 cm³/mol. The number of rotatable bonds is 7. The molecule has 8 nitrogen and oxygen atoms in total. The van der Waals surface area contributed by atoms with E-state index in [0.717, 1.165) is 39.3 Å². The van der Waals surface area contributed by atoms with E-state index in [1.54, 1.807) is 0 Å². The molecule has 0 aromatic carbocycles. The molecular weight excluding hydrogens is 254 g/mol. The molecule has 0 aliphatic carbocycles. The lowest BCUT2D eigenvalue weighted by atomic mass is 10.3. The van der Waals surface area contributed by atoms with E-state index in [1.807, 2.05) is 0 Å². The van der Waals surface area contributed by atoms with E-state index in [2.05, 4.69) is 15.5 Å². The highest BCUT2D eigenvalue weighted by Crippen LogP contribution is 1.97. The zero-order valence-corrected chi connectivity index (χ0v) is 10.8. The van der Waals surface area contributed by atoms with E-state index in [1.165, 1.54) is 0 Å². The summed E-state index contributed by atoms with van der Waals surface area (Å²) < 4.78 is 5.22. The van der Waals surface area contributed by atoms with Gasteiger partial charge in [-0.1, -0.05) is 0 Å². The van der Waals surface area contributed by atoms with Crippen LogP contribution in [0.15, 0.2) is 0 Å². The number of nitrogens with zero attached hydrogens (tertiary/aromatic N) is 1. The van der Waals surface area contributed by atoms with Crippen LogP contribution in [0.1, 0.15) is 6.42 Å². The molecule has 1 unspecified atom stereocenters. The summed E-state index contributed by atoms with van der Waals surface area (Å²) in [6.07, 6.45) is 0.782. The molecule has 0 saturated carbocycles. The molecule has 0 spiro atoms. The van der Waals surface area contributed by atoms with Gasteiger partial charge in [0.25, 0.3) is 0 Å². The van der Waals surface area contributed by atoms with Gasteiger partial charge in [0.15, 0.2) is 6.04 Å². The van der Waals surface area contributed by atoms with Crippen LogP contribution in [0.5, 0.6) is 0 Å². The molecule has 1 heterocycles. The molecule has 2 amide bonds. The number of aliphatic hydroxyl groups is 1. The van der Waals surface area contributed by atoms with Crippen molar-refractivity contribution in [3.63, 3.8) is 0 Å². The average Bonchev–Trinajstić information content (AvgIpc) is 2.42. The summed E-state index contributed by atoms with van der Waals surface area (Å²) >= 11 is 0. The number of carbonyl (C=O) groups excluding carboxylic acids is 1. The number of urea groups is 1. The Bertz CT molecular complexity index is 294. The number of carboxylic acids is 1. The summed E-state index contributed by atoms with van der Waals surface area (Å²) in [5.41, 5.74) is 0. The summed E-state index contributed by atoms with van der Waals surface area (Å²) in [6, 6.07) is -1.84. The minimum absolute atomic E-state index is 0.459. The Morgan fingerprint density at radius 1 is 1.32 bits per heavy atom. The Labute approximate surface area is 111 Å². The first kappa shape index (κ1) is 15.7. The predicted octanol–water partition coefficient (Wildman–Crippen LogP) is -1.55. The second-order valence-electron chi connectivity index (χ2n) is 4.28. The highest BCUT2D eigenvalue weighted by molar-refractivity contribution is 5.82. The van der Waals surface area contributed by atoms with E-state index in [0.29, 0.717) is 6.54 Å². The van der Waals surface area contributed by atoms with Gasteiger partial charge in [-0.05, 0) is 13.0 Å². The number of hydrogen-bond donors (Lipinski definition) is 4. The van der Waals surface area contributed by atoms with Crippen LogP contribution in [0.2, 0.25) is 0 Å². The fourth-order valence-electron chi connectivity index (χ4n) is 1.72. The van der Waals surface area contributed by atoms with Crippen molar-refractivity contribution < 1.29 is 24.5 Å². The summed E-state index contributed by atoms with van der Waals surface area (Å²) in [7, 11) is 0. The molecule has 0 bridgehead atoms. The molecular formula is C11H21N3O5. The normalized spacial score (nSPS) is 17.7. The maximum atomic E-state index is 11.3. The third kappa shape index (κ3) is 6.37. The van der Waals surface area contributed by atoms with Gasteiger partial charge >= 0.3 is 12.0 Å². The van der Waals surface area contributed by atoms with Crippen LogP contribution in [0.4, 0.5) is 4.79 Å². The first-order valence-electron chi connectivity index (χ1n) is 6.31. The lowest BCUT2D eigenvalue weighted by molar-refractivity contribution is -0.140. The second-order valence-corrected chi connectivity index (χ2v) is 4.28. The fraction of sp³-hybridized carbons (Fsp3) is 0.818. The Morgan fingerprint density at radius 2 is 2.00 bits per heavy atom. The maximum Gasteiger partial charge on any atom is 0.328 e. The second kappa shape index (κ2) is 8.68. The highest BCUT2D eigenvalue weighted by atomic mass is 16.5. The number of carboxylic acid groups (broad SMARTS) is 1. The van der Waals surface area contributed by atoms with Crippen LogP contribution in [0.25, 0.3) is 0 Å². The van der Waals surface area contributed by atoms with Crippen molar-refractivity contribution in [3.8, 4) is 0 Å². The van der Waals surface area contributed by atoms with E-state index >= 15 is 0 Å². The number of morpholine rings is 1. The zero-order valence-electron chi connectivity index (χ0n) is 10.8. The largest absolute Gasteiger partial charge is 0.480 e. The molecule has 110 valence electrons. The maximum absolute atomic E-state index is 11.3. The van der Waals surface area contributed by atoms with Crippen molar-refractivity contribution in [1.29, 1.82) is 0 Å². The SMILES string of the molecule is O=C(NCCCN1CCOCC1)NC(CO)C(=O)O. The van der Waals surface area contributed by atoms with Gasteiger partial charge in [-0.25, -0.2) is 9.59 Å². The van der Waals surface area contributed by atoms with E-state index < -0.39 is 24.6 Å². The van der Waals surface area contributed by atoms with Crippen LogP contribution < -0.4 is 10.6 Å². The van der Waals surface area contributed by atoms with Crippen LogP contribution in [-0.2, 0) is 9.53 Å². The summed E-state index contributed by atoms with van der Waals surface area (Å²) in [4.78, 5) is 24.2. The summed E-state index contributed by atoms with van der Waals surface area (Å²) in [5, 5.41) is 22.1. The molecule has 8 heteroatoms. The topological polar surface area (TPSA) is 111 Å². The lowest BCUT2D eigenvalue weighted by Crippen LogP contribution is -2.48. The minimum atomic E-state index is -1.26. The zero-order chi connectivity index (χ0) is 14.1. The number of ether oxygens (including phenoxy) is 1. The fourth-order valence-corrected chi connectivity index (χ4v) is 1.72. The van der Waals surface area contributed by atoms with Gasteiger partial charge in [-0.2, -0.15) is 0 Å². The summed E-state index contributed by atoms with van der Waals surface area (Å²) in [6.45, 7) is 3.98. The van der Waals surface area contributed by atoms with Gasteiger partial charge < -0.3 is 25.6 Å². The third-order valence-electron chi connectivity index (χ3n) is 2.83. The van der Waals surface area contributed by atoms with Crippen molar-refractivity contribution in [1.82, 2.24) is 15.5 Å². The Hall–Kier alpha value is -1.38. The van der Waals surface area contributed by atoms with Crippen LogP contribution in [0.3, 0.4) is 0 Å². The van der Waals surface area contributed by atoms with Crippen LogP contribution in [0, 0.1) is 0 Å². The van der Waals surface area contributed by atoms with Crippen molar-refractivity contribution in [2.24, 2.45) is 0 Å². The Balaban J connectivity index is 2.07. The van der Waals surface area contributed by atoms with Crippen molar-refractivity contribution in [3.05, 3.63) is 0 Å². The molecule has 0 radical (unpaired) electrons. The van der Waals surface area contributed by atoms with Gasteiger partial charge in [0.1, 0.15) is 0 Å². The van der Waals surface area contributed by atoms with Gasteiger partial charge in [-0.3, -0.25) is 4.90 Å². The highest BCUT2D eigenvalue weighted by Gasteiger charge is 2.18. The quantitative estimate of drug-likeness (QED) is 0.419. The molecule has 1 saturated heterocycles. The van der Waals surface area contributed by atoms with Gasteiger partial charge in [0.05, 0.1) is 19.8 Å². The van der Waals surface area contributed by atoms with Gasteiger partial charge in [-0.15, -0.1) is 0 Å². The van der Waals surface area contributed by atoms with E-state index in [-0.39, 0.29) is 0 Å². The Kier molecular flexibility index (Phi) is 7.16. The molecule has 19 heavy (non-hydrogen) atoms. The number of amides is 2. The smallest absolute Gasteiger partial charge is 0.328 e. The molecule has 1 fully saturated rings. The standard InChI is InChI=1S/C11H21N3O5/c15-8-9(10(16)17)13-11(18)12-2-1-3-14-4-6-19-7-5-14/h9,15H,1-8H2,(H,16,17)(H2,12,13,18). The number of hydrogen-bond acceptors (Lipinski definition) is 5. The molecule has 1 atom stereocenters. The summed E-state index contributed by atoms with van der Waals surface area (Å²) in [5.74, 6) is -1.26. The number of nitrogens with one attached hydrogen (secondary N) is 2. The van der Waals surface area contributed by atoms with Crippen molar-refractivity contribution in [2.45, 2.75) is 12.5 Å². The van der Waals surface area contributed by atoms with E-state index in [4.69, 9.17) is 14.9 Å². The molecule has 0 aromatic heterocycles. The molecule has 0 aromatic rings. The number of aliphatic carboxylic acids is 1. The molecule has 1 aliphatic rings. The van der Waals surface area contributed by atoms with Crippen LogP contribution in [-0.4, -0.2) is 79.2 Å². The molecule has 4 N–H and O–H groups in total. The van der Waals surface area contributed by atoms with Crippen molar-refractivity contribution >= 4 is 12.0 Å². The minimum Gasteiger partial charge on any atom is -0.480 e. The van der Waals surface area contributed by atoms with Crippen LogP contribution >= 0.6 is 0 Å². The average molecular weight is 275 g/mol. The van der Waals surface area contributed by atoms with Gasteiger partial charge in [0.2, 0.25) is 0 Å². The first-order valence-corrected chi connectivity index (χ1v) is 6.31. The number of aliphatic hydroxyl groups excluding tert-OH is 1. The third-order valence-corrected chi connectivity index (χ3v) is 2.83. The Morgan fingerprint density at radius 3 is 2.58 bits per heavy atom. The number of carbonyl (C=O) groups is 2. The monoisotopic (exact) mass is 275 g/mol.